The van der Waals surface area contributed by atoms with Gasteiger partial charge in [0.05, 0.1) is 7.11 Å². The Bertz CT molecular complexity index is 1070. The first kappa shape index (κ1) is 22.8. The summed E-state index contributed by atoms with van der Waals surface area (Å²) in [5.74, 6) is 0.651. The van der Waals surface area contributed by atoms with Crippen LogP contribution < -0.4 is 10.1 Å². The summed E-state index contributed by atoms with van der Waals surface area (Å²) in [6, 6.07) is 25.6. The van der Waals surface area contributed by atoms with Crippen LogP contribution in [0.4, 0.5) is 5.69 Å². The highest BCUT2D eigenvalue weighted by molar-refractivity contribution is 6.29. The molecule has 4 rings (SSSR count). The third-order valence-corrected chi connectivity index (χ3v) is 5.97. The molecule has 0 aromatic heterocycles. The summed E-state index contributed by atoms with van der Waals surface area (Å²) in [5.41, 5.74) is 4.47. The van der Waals surface area contributed by atoms with E-state index in [0.29, 0.717) is 5.57 Å². The molecule has 3 aromatic rings. The van der Waals surface area contributed by atoms with Crippen molar-refractivity contribution in [1.29, 1.82) is 0 Å². The van der Waals surface area contributed by atoms with E-state index in [1.165, 1.54) is 5.56 Å². The van der Waals surface area contributed by atoms with Gasteiger partial charge in [0.2, 0.25) is 0 Å². The summed E-state index contributed by atoms with van der Waals surface area (Å²) in [5, 5.41) is 3.07. The fourth-order valence-electron chi connectivity index (χ4n) is 3.92. The average molecular weight is 442 g/mol. The van der Waals surface area contributed by atoms with Crippen LogP contribution in [0.2, 0.25) is 0 Å². The van der Waals surface area contributed by atoms with Crippen molar-refractivity contribution in [1.82, 2.24) is 9.80 Å². The van der Waals surface area contributed by atoms with E-state index in [1.54, 1.807) is 7.11 Å². The molecule has 1 aliphatic rings. The fourth-order valence-corrected chi connectivity index (χ4v) is 3.92. The smallest absolute Gasteiger partial charge is 0.256 e. The predicted molar refractivity (Wildman–Crippen MR) is 135 cm³/mol. The van der Waals surface area contributed by atoms with Crippen LogP contribution in [0.15, 0.2) is 78.9 Å². The second kappa shape index (κ2) is 10.9. The van der Waals surface area contributed by atoms with E-state index < -0.39 is 0 Å². The lowest BCUT2D eigenvalue weighted by Gasteiger charge is -2.32. The molecule has 1 aliphatic heterocycles. The van der Waals surface area contributed by atoms with Crippen LogP contribution in [0.1, 0.15) is 16.7 Å². The zero-order valence-corrected chi connectivity index (χ0v) is 19.3. The molecule has 5 heteroatoms. The van der Waals surface area contributed by atoms with Crippen molar-refractivity contribution < 1.29 is 9.53 Å². The van der Waals surface area contributed by atoms with Gasteiger partial charge in [-0.3, -0.25) is 9.69 Å². The number of nitrogens with one attached hydrogen (secondary N) is 1. The largest absolute Gasteiger partial charge is 0.497 e. The highest BCUT2D eigenvalue weighted by Gasteiger charge is 2.15. The third kappa shape index (κ3) is 6.31. The van der Waals surface area contributed by atoms with Crippen molar-refractivity contribution in [3.63, 3.8) is 0 Å². The molecule has 1 saturated heterocycles. The van der Waals surface area contributed by atoms with Crippen LogP contribution in [0, 0.1) is 0 Å². The molecule has 0 bridgehead atoms. The van der Waals surface area contributed by atoms with Crippen LogP contribution in [-0.2, 0) is 11.3 Å². The third-order valence-electron chi connectivity index (χ3n) is 5.97. The van der Waals surface area contributed by atoms with Crippen molar-refractivity contribution in [2.24, 2.45) is 0 Å². The van der Waals surface area contributed by atoms with E-state index in [-0.39, 0.29) is 5.91 Å². The van der Waals surface area contributed by atoms with Crippen LogP contribution in [0.3, 0.4) is 0 Å². The summed E-state index contributed by atoms with van der Waals surface area (Å²) < 4.78 is 5.24. The van der Waals surface area contributed by atoms with Crippen LogP contribution in [-0.4, -0.2) is 56.0 Å². The molecule has 0 spiro atoms. The van der Waals surface area contributed by atoms with Gasteiger partial charge in [-0.1, -0.05) is 54.6 Å². The number of ether oxygens (including phenoxy) is 1. The number of amides is 1. The first-order chi connectivity index (χ1) is 16.1. The van der Waals surface area contributed by atoms with E-state index in [1.807, 2.05) is 72.8 Å². The zero-order valence-electron chi connectivity index (χ0n) is 19.3. The highest BCUT2D eigenvalue weighted by Crippen LogP contribution is 2.22. The number of anilines is 1. The minimum absolute atomic E-state index is 0.135. The number of rotatable bonds is 7. The molecule has 1 N–H and O–H groups in total. The molecule has 0 atom stereocenters. The molecule has 170 valence electrons. The van der Waals surface area contributed by atoms with Gasteiger partial charge in [-0.25, -0.2) is 0 Å². The van der Waals surface area contributed by atoms with Gasteiger partial charge in [0.1, 0.15) is 5.75 Å². The van der Waals surface area contributed by atoms with Crippen molar-refractivity contribution in [2.75, 3.05) is 45.7 Å². The lowest BCUT2D eigenvalue weighted by Crippen LogP contribution is -2.43. The minimum Gasteiger partial charge on any atom is -0.497 e. The number of methoxy groups -OCH3 is 1. The monoisotopic (exact) mass is 441 g/mol. The summed E-state index contributed by atoms with van der Waals surface area (Å²) in [4.78, 5) is 18.1. The van der Waals surface area contributed by atoms with E-state index >= 15 is 0 Å². The van der Waals surface area contributed by atoms with E-state index in [4.69, 9.17) is 4.74 Å². The Balaban J connectivity index is 1.48. The van der Waals surface area contributed by atoms with Crippen molar-refractivity contribution in [3.8, 4) is 5.75 Å². The number of hydrogen-bond acceptors (Lipinski definition) is 4. The Morgan fingerprint density at radius 2 is 1.58 bits per heavy atom. The van der Waals surface area contributed by atoms with Gasteiger partial charge >= 0.3 is 0 Å². The standard InChI is InChI=1S/C28H31N3O2/c1-30-16-18-31(19-17-30)21-23-8-12-25(13-9-23)29-28(32)27(24-6-4-3-5-7-24)20-22-10-14-26(33-2)15-11-22/h3-15,20H,16-19,21H2,1-2H3,(H,29,32)/b27-20+. The van der Waals surface area contributed by atoms with Gasteiger partial charge in [0.25, 0.3) is 5.91 Å². The van der Waals surface area contributed by atoms with E-state index in [0.717, 1.165) is 55.3 Å². The molecule has 1 heterocycles. The Labute approximate surface area is 196 Å². The summed E-state index contributed by atoms with van der Waals surface area (Å²) in [6.07, 6.45) is 1.91. The van der Waals surface area contributed by atoms with E-state index in [9.17, 15) is 4.79 Å². The van der Waals surface area contributed by atoms with Crippen molar-refractivity contribution >= 4 is 23.2 Å². The topological polar surface area (TPSA) is 44.8 Å². The maximum absolute atomic E-state index is 13.3. The summed E-state index contributed by atoms with van der Waals surface area (Å²) in [7, 11) is 3.81. The van der Waals surface area contributed by atoms with Crippen LogP contribution in [0.25, 0.3) is 11.6 Å². The number of likely N-dealkylation sites (N-methyl/N-ethyl adjacent to an activating group) is 1. The molecular formula is C28H31N3O2. The van der Waals surface area contributed by atoms with Crippen molar-refractivity contribution in [2.45, 2.75) is 6.54 Å². The Kier molecular flexibility index (Phi) is 7.55. The first-order valence-electron chi connectivity index (χ1n) is 11.3. The predicted octanol–water partition coefficient (Wildman–Crippen LogP) is 4.62. The number of benzene rings is 3. The molecule has 0 saturated carbocycles. The lowest BCUT2D eigenvalue weighted by molar-refractivity contribution is -0.111. The first-order valence-corrected chi connectivity index (χ1v) is 11.3. The number of carbonyl (C=O) groups is 1. The number of carbonyl (C=O) groups excluding carboxylic acids is 1. The highest BCUT2D eigenvalue weighted by atomic mass is 16.5. The molecule has 33 heavy (non-hydrogen) atoms. The zero-order chi connectivity index (χ0) is 23.0. The summed E-state index contributed by atoms with van der Waals surface area (Å²) >= 11 is 0. The molecule has 5 nitrogen and oxygen atoms in total. The molecule has 0 aliphatic carbocycles. The molecule has 0 radical (unpaired) electrons. The molecule has 0 unspecified atom stereocenters. The average Bonchev–Trinajstić information content (AvgIpc) is 2.86. The summed E-state index contributed by atoms with van der Waals surface area (Å²) in [6.45, 7) is 5.33. The fraction of sp³-hybridized carbons (Fsp3) is 0.250. The molecular weight excluding hydrogens is 410 g/mol. The number of piperazine rings is 1. The lowest BCUT2D eigenvalue weighted by atomic mass is 10.0. The van der Waals surface area contributed by atoms with Crippen LogP contribution in [0.5, 0.6) is 5.75 Å². The quantitative estimate of drug-likeness (QED) is 0.429. The molecule has 3 aromatic carbocycles. The van der Waals surface area contributed by atoms with Gasteiger partial charge in [-0.05, 0) is 54.1 Å². The number of hydrogen-bond donors (Lipinski definition) is 1. The SMILES string of the molecule is COc1ccc(/C=C(/C(=O)Nc2ccc(CN3CCN(C)CC3)cc2)c2ccccc2)cc1. The van der Waals surface area contributed by atoms with Gasteiger partial charge in [0, 0.05) is 44.0 Å². The maximum atomic E-state index is 13.3. The van der Waals surface area contributed by atoms with Crippen molar-refractivity contribution in [3.05, 3.63) is 95.6 Å². The normalized spacial score (nSPS) is 15.3. The molecule has 1 fully saturated rings. The maximum Gasteiger partial charge on any atom is 0.256 e. The van der Waals surface area contributed by atoms with E-state index in [2.05, 4.69) is 34.3 Å². The second-order valence-corrected chi connectivity index (χ2v) is 8.43. The Morgan fingerprint density at radius 3 is 2.21 bits per heavy atom. The second-order valence-electron chi connectivity index (χ2n) is 8.43. The van der Waals surface area contributed by atoms with Gasteiger partial charge in [0.15, 0.2) is 0 Å². The minimum atomic E-state index is -0.135. The van der Waals surface area contributed by atoms with Gasteiger partial charge in [-0.15, -0.1) is 0 Å². The Hall–Kier alpha value is -3.41. The Morgan fingerprint density at radius 1 is 0.909 bits per heavy atom. The van der Waals surface area contributed by atoms with Gasteiger partial charge < -0.3 is 15.0 Å². The molecule has 1 amide bonds. The van der Waals surface area contributed by atoms with Gasteiger partial charge in [-0.2, -0.15) is 0 Å². The number of nitrogens with zero attached hydrogens (tertiary/aromatic N) is 2. The van der Waals surface area contributed by atoms with Crippen LogP contribution >= 0.6 is 0 Å².